The minimum Gasteiger partial charge on any atom is -0.397 e. The molecule has 0 spiro atoms. The predicted octanol–water partition coefficient (Wildman–Crippen LogP) is 2.86. The lowest BCUT2D eigenvalue weighted by Crippen LogP contribution is -2.10. The Morgan fingerprint density at radius 2 is 2.00 bits per heavy atom. The van der Waals surface area contributed by atoms with E-state index in [-0.39, 0.29) is 0 Å². The summed E-state index contributed by atoms with van der Waals surface area (Å²) in [4.78, 5) is 21.8. The van der Waals surface area contributed by atoms with Crippen molar-refractivity contribution in [3.05, 3.63) is 35.2 Å². The van der Waals surface area contributed by atoms with Crippen molar-refractivity contribution in [3.8, 4) is 11.3 Å². The number of amides is 1. The number of benzene rings is 1. The molecule has 1 fully saturated rings. The molecule has 2 heterocycles. The van der Waals surface area contributed by atoms with Crippen molar-refractivity contribution >= 4 is 39.1 Å². The highest BCUT2D eigenvalue weighted by atomic mass is 32.1. The van der Waals surface area contributed by atoms with Crippen LogP contribution in [-0.2, 0) is 0 Å². The maximum Gasteiger partial charge on any atom is 0.260 e. The van der Waals surface area contributed by atoms with Gasteiger partial charge in [0.1, 0.15) is 9.71 Å². The summed E-state index contributed by atoms with van der Waals surface area (Å²) < 4.78 is 0. The van der Waals surface area contributed by atoms with Gasteiger partial charge in [0.2, 0.25) is 5.95 Å². The van der Waals surface area contributed by atoms with Crippen LogP contribution in [0.1, 0.15) is 22.5 Å². The summed E-state index contributed by atoms with van der Waals surface area (Å²) in [5.74, 6) is 0.728. The summed E-state index contributed by atoms with van der Waals surface area (Å²) >= 11 is 1.21. The number of anilines is 2. The third-order valence-electron chi connectivity index (χ3n) is 4.11. The largest absolute Gasteiger partial charge is 0.397 e. The van der Waals surface area contributed by atoms with Crippen molar-refractivity contribution in [1.29, 1.82) is 0 Å². The number of thiophene rings is 1. The number of nitrogens with two attached hydrogens (primary N) is 2. The van der Waals surface area contributed by atoms with Crippen molar-refractivity contribution in [2.24, 2.45) is 11.7 Å². The number of carbonyl (C=O) groups excluding carboxylic acids is 1. The molecule has 6 nitrogen and oxygen atoms in total. The minimum absolute atomic E-state index is 0.329. The molecule has 3 aromatic rings. The van der Waals surface area contributed by atoms with Gasteiger partial charge in [0.05, 0.1) is 16.8 Å². The van der Waals surface area contributed by atoms with Crippen LogP contribution in [0, 0.1) is 5.92 Å². The van der Waals surface area contributed by atoms with E-state index >= 15 is 0 Å². The maximum absolute atomic E-state index is 11.6. The number of hydrogen-bond acceptors (Lipinski definition) is 6. The second-order valence-corrected chi connectivity index (χ2v) is 6.97. The Morgan fingerprint density at radius 3 is 2.67 bits per heavy atom. The van der Waals surface area contributed by atoms with Crippen molar-refractivity contribution in [2.45, 2.75) is 12.8 Å². The normalized spacial score (nSPS) is 14.0. The van der Waals surface area contributed by atoms with E-state index in [9.17, 15) is 4.79 Å². The van der Waals surface area contributed by atoms with Gasteiger partial charge < -0.3 is 16.8 Å². The summed E-state index contributed by atoms with van der Waals surface area (Å²) in [5.41, 5.74) is 13.6. The molecule has 1 aromatic carbocycles. The quantitative estimate of drug-likeness (QED) is 0.662. The molecule has 2 aromatic heterocycles. The van der Waals surface area contributed by atoms with Crippen LogP contribution in [0.5, 0.6) is 0 Å². The molecule has 0 radical (unpaired) electrons. The predicted molar refractivity (Wildman–Crippen MR) is 97.0 cm³/mol. The molecule has 0 saturated heterocycles. The van der Waals surface area contributed by atoms with Crippen LogP contribution in [0.3, 0.4) is 0 Å². The molecule has 122 valence electrons. The van der Waals surface area contributed by atoms with Crippen LogP contribution in [0.25, 0.3) is 21.5 Å². The van der Waals surface area contributed by atoms with Crippen LogP contribution in [0.15, 0.2) is 30.3 Å². The van der Waals surface area contributed by atoms with Gasteiger partial charge in [-0.1, -0.05) is 30.3 Å². The Balaban J connectivity index is 1.89. The fraction of sp³-hybridized carbons (Fsp3) is 0.235. The molecule has 5 N–H and O–H groups in total. The van der Waals surface area contributed by atoms with E-state index in [0.717, 1.165) is 17.8 Å². The lowest BCUT2D eigenvalue weighted by Gasteiger charge is -2.08. The molecular formula is C17H17N5OS. The van der Waals surface area contributed by atoms with Crippen LogP contribution in [0.4, 0.5) is 11.6 Å². The number of aromatic nitrogens is 2. The molecule has 4 rings (SSSR count). The Kier molecular flexibility index (Phi) is 3.57. The lowest BCUT2D eigenvalue weighted by atomic mass is 10.1. The first-order valence-corrected chi connectivity index (χ1v) is 8.64. The zero-order chi connectivity index (χ0) is 16.7. The SMILES string of the molecule is NC(=O)c1sc2nc(NCC3CC3)nc(-c3ccccc3)c2c1N. The van der Waals surface area contributed by atoms with Crippen molar-refractivity contribution < 1.29 is 4.79 Å². The summed E-state index contributed by atoms with van der Waals surface area (Å²) in [7, 11) is 0. The molecule has 0 bridgehead atoms. The average Bonchev–Trinajstić information content (AvgIpc) is 3.36. The Bertz CT molecular complexity index is 918. The maximum atomic E-state index is 11.6. The highest BCUT2D eigenvalue weighted by Crippen LogP contribution is 2.39. The number of rotatable bonds is 5. The second kappa shape index (κ2) is 5.76. The molecule has 1 aliphatic carbocycles. The molecule has 7 heteroatoms. The molecule has 24 heavy (non-hydrogen) atoms. The number of carbonyl (C=O) groups is 1. The number of primary amides is 1. The molecular weight excluding hydrogens is 322 g/mol. The van der Waals surface area contributed by atoms with E-state index in [1.165, 1.54) is 24.2 Å². The molecule has 0 unspecified atom stereocenters. The fourth-order valence-electron chi connectivity index (χ4n) is 2.65. The Morgan fingerprint density at radius 1 is 1.25 bits per heavy atom. The van der Waals surface area contributed by atoms with Crippen molar-refractivity contribution in [1.82, 2.24) is 9.97 Å². The van der Waals surface area contributed by atoms with Gasteiger partial charge >= 0.3 is 0 Å². The highest BCUT2D eigenvalue weighted by molar-refractivity contribution is 7.21. The highest BCUT2D eigenvalue weighted by Gasteiger charge is 2.23. The average molecular weight is 339 g/mol. The smallest absolute Gasteiger partial charge is 0.260 e. The Hall–Kier alpha value is -2.67. The summed E-state index contributed by atoms with van der Waals surface area (Å²) in [6, 6.07) is 9.76. The van der Waals surface area contributed by atoms with E-state index in [4.69, 9.17) is 11.5 Å². The van der Waals surface area contributed by atoms with Crippen molar-refractivity contribution in [2.75, 3.05) is 17.6 Å². The van der Waals surface area contributed by atoms with Gasteiger partial charge in [-0.15, -0.1) is 11.3 Å². The van der Waals surface area contributed by atoms with E-state index in [0.29, 0.717) is 32.6 Å². The molecule has 0 atom stereocenters. The van der Waals surface area contributed by atoms with Crippen molar-refractivity contribution in [3.63, 3.8) is 0 Å². The van der Waals surface area contributed by atoms with Crippen LogP contribution in [-0.4, -0.2) is 22.4 Å². The van der Waals surface area contributed by atoms with Crippen LogP contribution >= 0.6 is 11.3 Å². The van der Waals surface area contributed by atoms with E-state index in [2.05, 4.69) is 15.3 Å². The number of fused-ring (bicyclic) bond motifs is 1. The van der Waals surface area contributed by atoms with Gasteiger partial charge in [0.15, 0.2) is 0 Å². The lowest BCUT2D eigenvalue weighted by molar-refractivity contribution is 0.100. The molecule has 1 amide bonds. The minimum atomic E-state index is -0.540. The first kappa shape index (κ1) is 14.9. The number of nitrogen functional groups attached to an aromatic ring is 1. The zero-order valence-electron chi connectivity index (χ0n) is 13.0. The standard InChI is InChI=1S/C17H17N5OS/c18-12-11-13(10-4-2-1-3-5-10)21-17(20-8-9-6-7-9)22-16(11)24-14(12)15(19)23/h1-5,9H,6-8,18H2,(H2,19,23)(H,20,21,22). The van der Waals surface area contributed by atoms with Crippen LogP contribution in [0.2, 0.25) is 0 Å². The number of nitrogens with zero attached hydrogens (tertiary/aromatic N) is 2. The fourth-order valence-corrected chi connectivity index (χ4v) is 3.59. The van der Waals surface area contributed by atoms with Gasteiger partial charge in [0, 0.05) is 12.1 Å². The monoisotopic (exact) mass is 339 g/mol. The number of nitrogens with one attached hydrogen (secondary N) is 1. The van der Waals surface area contributed by atoms with Gasteiger partial charge in [-0.2, -0.15) is 0 Å². The summed E-state index contributed by atoms with van der Waals surface area (Å²) in [5, 5.41) is 3.99. The van der Waals surface area contributed by atoms with E-state index < -0.39 is 5.91 Å². The first-order valence-electron chi connectivity index (χ1n) is 7.82. The van der Waals surface area contributed by atoms with Gasteiger partial charge in [-0.3, -0.25) is 4.79 Å². The second-order valence-electron chi connectivity index (χ2n) is 5.98. The van der Waals surface area contributed by atoms with Gasteiger partial charge in [-0.05, 0) is 18.8 Å². The van der Waals surface area contributed by atoms with E-state index in [1.54, 1.807) is 0 Å². The van der Waals surface area contributed by atoms with Gasteiger partial charge in [-0.25, -0.2) is 9.97 Å². The van der Waals surface area contributed by atoms with Crippen LogP contribution < -0.4 is 16.8 Å². The number of hydrogen-bond donors (Lipinski definition) is 3. The zero-order valence-corrected chi connectivity index (χ0v) is 13.8. The Labute approximate surface area is 142 Å². The summed E-state index contributed by atoms with van der Waals surface area (Å²) in [6.07, 6.45) is 2.50. The molecule has 0 aliphatic heterocycles. The molecule has 1 saturated carbocycles. The molecule has 1 aliphatic rings. The first-order chi connectivity index (χ1) is 11.6. The van der Waals surface area contributed by atoms with Gasteiger partial charge in [0.25, 0.3) is 5.91 Å². The summed E-state index contributed by atoms with van der Waals surface area (Å²) in [6.45, 7) is 0.864. The third-order valence-corrected chi connectivity index (χ3v) is 5.22. The van der Waals surface area contributed by atoms with E-state index in [1.807, 2.05) is 30.3 Å². The third kappa shape index (κ3) is 2.67. The topological polar surface area (TPSA) is 107 Å².